The maximum Gasteiger partial charge on any atom is 0.283 e. The molecule has 3 heteroatoms. The summed E-state index contributed by atoms with van der Waals surface area (Å²) in [6.45, 7) is 2.94. The molecular weight excluding hydrogens is 218 g/mol. The van der Waals surface area contributed by atoms with Gasteiger partial charge in [0.05, 0.1) is 5.56 Å². The first kappa shape index (κ1) is 11.4. The van der Waals surface area contributed by atoms with Gasteiger partial charge < -0.3 is 0 Å². The number of hydrogen-bond donors (Lipinski definition) is 0. The lowest BCUT2D eigenvalue weighted by Crippen LogP contribution is -2.31. The van der Waals surface area contributed by atoms with Crippen molar-refractivity contribution in [2.45, 2.75) is 13.3 Å². The zero-order valence-electron chi connectivity index (χ0n) is 9.69. The van der Waals surface area contributed by atoms with E-state index < -0.39 is 0 Å². The molecule has 1 aromatic carbocycles. The molecule has 0 unspecified atom stereocenters. The van der Waals surface area contributed by atoms with Crippen molar-refractivity contribution in [2.24, 2.45) is 0 Å². The molecule has 0 spiro atoms. The van der Waals surface area contributed by atoms with Gasteiger partial charge in [0, 0.05) is 6.42 Å². The predicted octanol–water partition coefficient (Wildman–Crippen LogP) is 1.95. The molecule has 2 nitrogen and oxygen atoms in total. The van der Waals surface area contributed by atoms with Crippen LogP contribution in [0.3, 0.4) is 0 Å². The predicted molar refractivity (Wildman–Crippen MR) is 68.4 cm³/mol. The average Bonchev–Trinajstić information content (AvgIpc) is 2.29. The monoisotopic (exact) mass is 234 g/mol. The Morgan fingerprint density at radius 1 is 1.44 bits per heavy atom. The maximum absolute atomic E-state index is 12.1. The van der Waals surface area contributed by atoms with Gasteiger partial charge in [0.2, 0.25) is 0 Å². The summed E-state index contributed by atoms with van der Waals surface area (Å²) < 4.78 is 2.08. The maximum atomic E-state index is 12.1. The first-order chi connectivity index (χ1) is 7.74. The topological polar surface area (TPSA) is 20.1 Å². The number of carbonyl (C=O) groups excluding carboxylic acids is 1. The first-order valence-electron chi connectivity index (χ1n) is 5.57. The summed E-state index contributed by atoms with van der Waals surface area (Å²) in [5.41, 5.74) is 3.27. The molecule has 0 saturated carbocycles. The van der Waals surface area contributed by atoms with Crippen LogP contribution in [0.1, 0.15) is 18.1 Å². The van der Waals surface area contributed by atoms with Crippen LogP contribution in [0.25, 0.3) is 0 Å². The normalized spacial score (nSPS) is 14.9. The summed E-state index contributed by atoms with van der Waals surface area (Å²) in [5, 5.41) is 0.192. The van der Waals surface area contributed by atoms with E-state index in [-0.39, 0.29) is 5.12 Å². The second-order valence-electron chi connectivity index (χ2n) is 3.90. The molecule has 1 aliphatic heterocycles. The van der Waals surface area contributed by atoms with Gasteiger partial charge in [-0.25, -0.2) is 4.58 Å². The lowest BCUT2D eigenvalue weighted by atomic mass is 9.97. The van der Waals surface area contributed by atoms with Crippen molar-refractivity contribution in [1.82, 2.24) is 0 Å². The molecule has 1 aliphatic rings. The molecule has 0 atom stereocenters. The molecule has 16 heavy (non-hydrogen) atoms. The fourth-order valence-corrected chi connectivity index (χ4v) is 2.70. The second kappa shape index (κ2) is 4.83. The van der Waals surface area contributed by atoms with Gasteiger partial charge in [-0.15, -0.1) is 0 Å². The highest BCUT2D eigenvalue weighted by Crippen LogP contribution is 2.18. The summed E-state index contributed by atoms with van der Waals surface area (Å²) in [7, 11) is 2.00. The van der Waals surface area contributed by atoms with E-state index >= 15 is 0 Å². The smallest absolute Gasteiger partial charge is 0.275 e. The van der Waals surface area contributed by atoms with Gasteiger partial charge in [-0.3, -0.25) is 4.79 Å². The number of nitrogens with zero attached hydrogens (tertiary/aromatic N) is 1. The lowest BCUT2D eigenvalue weighted by molar-refractivity contribution is -0.496. The van der Waals surface area contributed by atoms with Crippen molar-refractivity contribution in [3.8, 4) is 0 Å². The molecule has 1 aromatic rings. The number of likely N-dealkylation sites (N-methyl/N-ethyl adjacent to an activating group) is 1. The third-order valence-corrected chi connectivity index (χ3v) is 3.58. The van der Waals surface area contributed by atoms with Crippen LogP contribution in [0.4, 0.5) is 0 Å². The Balaban J connectivity index is 2.45. The van der Waals surface area contributed by atoms with E-state index in [9.17, 15) is 4.79 Å². The minimum Gasteiger partial charge on any atom is -0.275 e. The van der Waals surface area contributed by atoms with E-state index in [2.05, 4.69) is 16.7 Å². The molecule has 0 aromatic heterocycles. The fraction of sp³-hybridized carbons (Fsp3) is 0.385. The van der Waals surface area contributed by atoms with Crippen LogP contribution in [-0.4, -0.2) is 34.7 Å². The van der Waals surface area contributed by atoms with Gasteiger partial charge in [-0.2, -0.15) is 0 Å². The van der Waals surface area contributed by atoms with Crippen LogP contribution in [-0.2, 0) is 11.2 Å². The van der Waals surface area contributed by atoms with Crippen molar-refractivity contribution in [3.05, 3.63) is 35.4 Å². The molecule has 0 fully saturated rings. The van der Waals surface area contributed by atoms with E-state index in [1.165, 1.54) is 17.3 Å². The number of benzene rings is 1. The summed E-state index contributed by atoms with van der Waals surface area (Å²) >= 11 is 1.39. The second-order valence-corrected chi connectivity index (χ2v) is 5.13. The molecule has 84 valence electrons. The Morgan fingerprint density at radius 2 is 2.19 bits per heavy atom. The van der Waals surface area contributed by atoms with Crippen LogP contribution in [0.2, 0.25) is 0 Å². The Kier molecular flexibility index (Phi) is 3.44. The highest BCUT2D eigenvalue weighted by atomic mass is 32.2. The van der Waals surface area contributed by atoms with Crippen molar-refractivity contribution >= 4 is 22.6 Å². The highest BCUT2D eigenvalue weighted by molar-refractivity contribution is 8.15. The molecule has 0 bridgehead atoms. The average molecular weight is 234 g/mol. The molecule has 0 saturated heterocycles. The summed E-state index contributed by atoms with van der Waals surface area (Å²) in [6.07, 6.45) is 1.03. The molecule has 0 N–H and O–H groups in total. The summed E-state index contributed by atoms with van der Waals surface area (Å²) in [4.78, 5) is 12.1. The Labute approximate surface area is 100 Å². The van der Waals surface area contributed by atoms with E-state index in [4.69, 9.17) is 0 Å². The number of hydrogen-bond acceptors (Lipinski definition) is 2. The SMILES string of the molecule is CCSC(=O)C1=[N+](C)CCc2ccccc21. The van der Waals surface area contributed by atoms with E-state index in [0.717, 1.165) is 30.0 Å². The first-order valence-corrected chi connectivity index (χ1v) is 6.56. The Bertz CT molecular complexity index is 451. The van der Waals surface area contributed by atoms with Gasteiger partial charge in [0.15, 0.2) is 0 Å². The van der Waals surface area contributed by atoms with E-state index in [1.807, 2.05) is 26.1 Å². The number of fused-ring (bicyclic) bond motifs is 1. The highest BCUT2D eigenvalue weighted by Gasteiger charge is 2.28. The van der Waals surface area contributed by atoms with Crippen LogP contribution in [0.15, 0.2) is 24.3 Å². The standard InChI is InChI=1S/C13H16NOS/c1-3-16-13(15)12-11-7-5-4-6-10(11)8-9-14(12)2/h4-7H,3,8-9H2,1-2H3/q+1. The van der Waals surface area contributed by atoms with Gasteiger partial charge in [-0.1, -0.05) is 36.9 Å². The van der Waals surface area contributed by atoms with E-state index in [0.29, 0.717) is 0 Å². The Hall–Kier alpha value is -1.09. The van der Waals surface area contributed by atoms with Gasteiger partial charge in [0.25, 0.3) is 10.8 Å². The molecule has 0 radical (unpaired) electrons. The van der Waals surface area contributed by atoms with Gasteiger partial charge >= 0.3 is 0 Å². The summed E-state index contributed by atoms with van der Waals surface area (Å²) in [6, 6.07) is 8.21. The Morgan fingerprint density at radius 3 is 2.94 bits per heavy atom. The van der Waals surface area contributed by atoms with Crippen molar-refractivity contribution in [3.63, 3.8) is 0 Å². The van der Waals surface area contributed by atoms with Crippen LogP contribution in [0.5, 0.6) is 0 Å². The number of thioether (sulfide) groups is 1. The zero-order valence-corrected chi connectivity index (χ0v) is 10.5. The van der Waals surface area contributed by atoms with Gasteiger partial charge in [-0.05, 0) is 17.4 Å². The molecule has 0 amide bonds. The largest absolute Gasteiger partial charge is 0.283 e. The number of rotatable bonds is 2. The molecule has 0 aliphatic carbocycles. The minimum atomic E-state index is 0.192. The third-order valence-electron chi connectivity index (χ3n) is 2.84. The van der Waals surface area contributed by atoms with Crippen LogP contribution in [0, 0.1) is 0 Å². The van der Waals surface area contributed by atoms with Crippen molar-refractivity contribution in [2.75, 3.05) is 19.3 Å². The van der Waals surface area contributed by atoms with Crippen molar-refractivity contribution < 1.29 is 9.37 Å². The van der Waals surface area contributed by atoms with Crippen molar-refractivity contribution in [1.29, 1.82) is 0 Å². The lowest BCUT2D eigenvalue weighted by Gasteiger charge is -2.14. The molecular formula is C13H16NOS+. The quantitative estimate of drug-likeness (QED) is 0.729. The number of carbonyl (C=O) groups is 1. The van der Waals surface area contributed by atoms with Crippen LogP contribution >= 0.6 is 11.8 Å². The minimum absolute atomic E-state index is 0.192. The molecule has 1 heterocycles. The zero-order chi connectivity index (χ0) is 11.5. The van der Waals surface area contributed by atoms with Gasteiger partial charge in [0.1, 0.15) is 13.6 Å². The van der Waals surface area contributed by atoms with E-state index in [1.54, 1.807) is 0 Å². The van der Waals surface area contributed by atoms with Crippen LogP contribution < -0.4 is 0 Å². The third kappa shape index (κ3) is 2.05. The fourth-order valence-electron chi connectivity index (χ4n) is 2.04. The molecule has 2 rings (SSSR count). The summed E-state index contributed by atoms with van der Waals surface area (Å²) in [5.74, 6) is 0.832.